The summed E-state index contributed by atoms with van der Waals surface area (Å²) in [5.41, 5.74) is 6.38. The van der Waals surface area contributed by atoms with Crippen molar-refractivity contribution in [3.63, 3.8) is 0 Å². The second kappa shape index (κ2) is 6.92. The van der Waals surface area contributed by atoms with Crippen LogP contribution in [0.5, 0.6) is 11.5 Å². The fraction of sp³-hybridized carbons (Fsp3) is 0.214. The van der Waals surface area contributed by atoms with Gasteiger partial charge in [-0.05, 0) is 37.3 Å². The summed E-state index contributed by atoms with van der Waals surface area (Å²) in [5, 5.41) is 0. The zero-order valence-corrected chi connectivity index (χ0v) is 13.3. The summed E-state index contributed by atoms with van der Waals surface area (Å²) < 4.78 is 12.1. The number of ether oxygens (including phenoxy) is 2. The van der Waals surface area contributed by atoms with E-state index in [2.05, 4.69) is 0 Å². The zero-order chi connectivity index (χ0) is 14.5. The van der Waals surface area contributed by atoms with Gasteiger partial charge in [0.15, 0.2) is 11.5 Å². The van der Waals surface area contributed by atoms with Gasteiger partial charge in [-0.15, -0.1) is 11.3 Å². The summed E-state index contributed by atoms with van der Waals surface area (Å²) in [6.07, 6.45) is 0. The highest BCUT2D eigenvalue weighted by Gasteiger charge is 2.09. The molecule has 20 heavy (non-hydrogen) atoms. The van der Waals surface area contributed by atoms with Gasteiger partial charge in [0.05, 0.1) is 10.9 Å². The topological polar surface area (TPSA) is 44.5 Å². The predicted molar refractivity (Wildman–Crippen MR) is 87.2 cm³/mol. The Hall–Kier alpha value is -1.30. The van der Waals surface area contributed by atoms with E-state index in [-0.39, 0.29) is 0 Å². The minimum Gasteiger partial charge on any atom is -0.490 e. The maximum atomic E-state index is 5.89. The van der Waals surface area contributed by atoms with Crippen molar-refractivity contribution < 1.29 is 9.47 Å². The van der Waals surface area contributed by atoms with E-state index in [9.17, 15) is 0 Å². The molecule has 106 valence electrons. The highest BCUT2D eigenvalue weighted by Crippen LogP contribution is 2.30. The van der Waals surface area contributed by atoms with E-state index in [1.807, 2.05) is 31.2 Å². The number of thiocarbonyl (C=S) groups is 1. The molecule has 0 spiro atoms. The lowest BCUT2D eigenvalue weighted by molar-refractivity contribution is 0.271. The van der Waals surface area contributed by atoms with Crippen molar-refractivity contribution in [2.45, 2.75) is 13.5 Å². The van der Waals surface area contributed by atoms with E-state index in [0.29, 0.717) is 29.7 Å². The molecule has 0 saturated heterocycles. The highest BCUT2D eigenvalue weighted by atomic mass is 35.5. The first kappa shape index (κ1) is 15.1. The van der Waals surface area contributed by atoms with Crippen molar-refractivity contribution in [2.75, 3.05) is 6.61 Å². The fourth-order valence-corrected chi connectivity index (χ4v) is 2.75. The maximum absolute atomic E-state index is 5.89. The molecule has 1 aromatic carbocycles. The van der Waals surface area contributed by atoms with E-state index in [1.54, 1.807) is 6.07 Å². The maximum Gasteiger partial charge on any atom is 0.161 e. The number of benzene rings is 1. The van der Waals surface area contributed by atoms with Crippen LogP contribution in [-0.2, 0) is 6.61 Å². The molecule has 0 unspecified atom stereocenters. The van der Waals surface area contributed by atoms with Crippen molar-refractivity contribution >= 4 is 40.1 Å². The lowest BCUT2D eigenvalue weighted by Crippen LogP contribution is -2.10. The Kier molecular flexibility index (Phi) is 5.23. The van der Waals surface area contributed by atoms with Crippen LogP contribution in [0.4, 0.5) is 0 Å². The monoisotopic (exact) mass is 327 g/mol. The summed E-state index contributed by atoms with van der Waals surface area (Å²) in [4.78, 5) is 1.39. The molecule has 1 heterocycles. The van der Waals surface area contributed by atoms with Gasteiger partial charge < -0.3 is 15.2 Å². The summed E-state index contributed by atoms with van der Waals surface area (Å²) in [6.45, 7) is 2.90. The quantitative estimate of drug-likeness (QED) is 0.814. The minimum atomic E-state index is 0.336. The normalized spacial score (nSPS) is 10.3. The number of halogens is 1. The van der Waals surface area contributed by atoms with Gasteiger partial charge in [0.1, 0.15) is 11.6 Å². The van der Waals surface area contributed by atoms with E-state index in [1.165, 1.54) is 11.3 Å². The summed E-state index contributed by atoms with van der Waals surface area (Å²) in [6, 6.07) is 9.22. The second-order valence-electron chi connectivity index (χ2n) is 3.95. The molecule has 0 radical (unpaired) electrons. The van der Waals surface area contributed by atoms with Crippen LogP contribution >= 0.6 is 35.2 Å². The third-order valence-corrected chi connectivity index (χ3v) is 3.97. The van der Waals surface area contributed by atoms with Gasteiger partial charge in [0.25, 0.3) is 0 Å². The van der Waals surface area contributed by atoms with Crippen LogP contribution in [0, 0.1) is 0 Å². The van der Waals surface area contributed by atoms with Crippen molar-refractivity contribution in [3.8, 4) is 11.5 Å². The molecular formula is C14H14ClNO2S2. The third kappa shape index (κ3) is 3.85. The Morgan fingerprint density at radius 3 is 2.65 bits per heavy atom. The number of hydrogen-bond donors (Lipinski definition) is 1. The lowest BCUT2D eigenvalue weighted by Gasteiger charge is -2.12. The molecule has 0 aliphatic carbocycles. The molecule has 6 heteroatoms. The molecule has 0 aliphatic heterocycles. The van der Waals surface area contributed by atoms with Gasteiger partial charge in [0, 0.05) is 10.4 Å². The molecule has 0 fully saturated rings. The molecule has 3 nitrogen and oxygen atoms in total. The van der Waals surface area contributed by atoms with Crippen LogP contribution in [0.1, 0.15) is 17.4 Å². The van der Waals surface area contributed by atoms with Gasteiger partial charge >= 0.3 is 0 Å². The van der Waals surface area contributed by atoms with Gasteiger partial charge in [-0.2, -0.15) is 0 Å². The Morgan fingerprint density at radius 2 is 2.05 bits per heavy atom. The number of thiophene rings is 1. The first-order valence-electron chi connectivity index (χ1n) is 6.04. The Labute approximate surface area is 132 Å². The van der Waals surface area contributed by atoms with Gasteiger partial charge in [0.2, 0.25) is 0 Å². The first-order valence-corrected chi connectivity index (χ1v) is 7.64. The summed E-state index contributed by atoms with van der Waals surface area (Å²) >= 11 is 12.3. The van der Waals surface area contributed by atoms with Crippen LogP contribution in [0.2, 0.25) is 4.34 Å². The molecular weight excluding hydrogens is 314 g/mol. The van der Waals surface area contributed by atoms with Crippen LogP contribution in [0.3, 0.4) is 0 Å². The lowest BCUT2D eigenvalue weighted by atomic mass is 10.2. The molecule has 0 atom stereocenters. The molecule has 0 bridgehead atoms. The predicted octanol–water partition coefficient (Wildman–Crippen LogP) is 4.01. The Balaban J connectivity index is 2.15. The summed E-state index contributed by atoms with van der Waals surface area (Å²) in [5.74, 6) is 1.30. The van der Waals surface area contributed by atoms with Crippen molar-refractivity contribution in [1.29, 1.82) is 0 Å². The highest BCUT2D eigenvalue weighted by molar-refractivity contribution is 7.80. The van der Waals surface area contributed by atoms with Crippen LogP contribution in [0.15, 0.2) is 30.3 Å². The van der Waals surface area contributed by atoms with E-state index in [0.717, 1.165) is 14.8 Å². The number of rotatable bonds is 6. The SMILES string of the molecule is CCOc1cc(C(N)=S)ccc1OCc1ccc(Cl)s1. The Morgan fingerprint density at radius 1 is 1.25 bits per heavy atom. The molecule has 2 aromatic rings. The van der Waals surface area contributed by atoms with Crippen molar-refractivity contribution in [3.05, 3.63) is 45.1 Å². The van der Waals surface area contributed by atoms with E-state index >= 15 is 0 Å². The first-order chi connectivity index (χ1) is 9.60. The van der Waals surface area contributed by atoms with E-state index < -0.39 is 0 Å². The summed E-state index contributed by atoms with van der Waals surface area (Å²) in [7, 11) is 0. The minimum absolute atomic E-state index is 0.336. The molecule has 0 saturated carbocycles. The molecule has 2 rings (SSSR count). The zero-order valence-electron chi connectivity index (χ0n) is 10.9. The molecule has 0 amide bonds. The van der Waals surface area contributed by atoms with Gasteiger partial charge in [-0.3, -0.25) is 0 Å². The Bertz CT molecular complexity index is 613. The number of hydrogen-bond acceptors (Lipinski definition) is 4. The smallest absolute Gasteiger partial charge is 0.161 e. The average molecular weight is 328 g/mol. The standard InChI is InChI=1S/C14H14ClNO2S2/c1-2-17-12-7-9(14(16)19)3-5-11(12)18-8-10-4-6-13(15)20-10/h3-7H,2,8H2,1H3,(H2,16,19). The van der Waals surface area contributed by atoms with Gasteiger partial charge in [-0.25, -0.2) is 0 Å². The van der Waals surface area contributed by atoms with Crippen molar-refractivity contribution in [2.24, 2.45) is 5.73 Å². The molecule has 0 aliphatic rings. The third-order valence-electron chi connectivity index (χ3n) is 2.53. The molecule has 1 aromatic heterocycles. The molecule has 2 N–H and O–H groups in total. The van der Waals surface area contributed by atoms with Crippen molar-refractivity contribution in [1.82, 2.24) is 0 Å². The largest absolute Gasteiger partial charge is 0.490 e. The average Bonchev–Trinajstić information content (AvgIpc) is 2.83. The second-order valence-corrected chi connectivity index (χ2v) is 6.19. The van der Waals surface area contributed by atoms with Gasteiger partial charge in [-0.1, -0.05) is 23.8 Å². The van der Waals surface area contributed by atoms with Crippen LogP contribution in [-0.4, -0.2) is 11.6 Å². The van der Waals surface area contributed by atoms with Crippen LogP contribution < -0.4 is 15.2 Å². The number of nitrogens with two attached hydrogens (primary N) is 1. The van der Waals surface area contributed by atoms with Crippen LogP contribution in [0.25, 0.3) is 0 Å². The van der Waals surface area contributed by atoms with E-state index in [4.69, 9.17) is 39.0 Å². The fourth-order valence-electron chi connectivity index (χ4n) is 1.63.